The topological polar surface area (TPSA) is 102 Å². The van der Waals surface area contributed by atoms with Gasteiger partial charge in [0.1, 0.15) is 0 Å². The second-order valence-electron chi connectivity index (χ2n) is 5.09. The average molecular weight is 344 g/mol. The van der Waals surface area contributed by atoms with Crippen molar-refractivity contribution >= 4 is 23.5 Å². The standard InChI is InChI=1S/C17H20N4O4/c1-24-8-4-7-18-17-19-10-13(11-20-17)15(22)21-14-6-3-5-12(9-14)16(23)25-2/h3,5-6,9-11H,4,7-8H2,1-2H3,(H,21,22)(H,18,19,20). The molecule has 0 aliphatic rings. The molecule has 2 aromatic rings. The predicted molar refractivity (Wildman–Crippen MR) is 92.7 cm³/mol. The van der Waals surface area contributed by atoms with E-state index in [2.05, 4.69) is 25.3 Å². The summed E-state index contributed by atoms with van der Waals surface area (Å²) in [5.41, 5.74) is 1.15. The molecule has 2 rings (SSSR count). The van der Waals surface area contributed by atoms with Gasteiger partial charge in [-0.2, -0.15) is 0 Å². The van der Waals surface area contributed by atoms with Gasteiger partial charge < -0.3 is 20.1 Å². The normalized spacial score (nSPS) is 10.2. The molecule has 0 aliphatic heterocycles. The molecule has 132 valence electrons. The molecule has 25 heavy (non-hydrogen) atoms. The van der Waals surface area contributed by atoms with Crippen molar-refractivity contribution in [2.75, 3.05) is 38.0 Å². The monoisotopic (exact) mass is 344 g/mol. The first kappa shape index (κ1) is 18.3. The highest BCUT2D eigenvalue weighted by Crippen LogP contribution is 2.13. The lowest BCUT2D eigenvalue weighted by atomic mass is 10.2. The number of hydrogen-bond acceptors (Lipinski definition) is 7. The van der Waals surface area contributed by atoms with Crippen LogP contribution < -0.4 is 10.6 Å². The first-order valence-corrected chi connectivity index (χ1v) is 7.68. The summed E-state index contributed by atoms with van der Waals surface area (Å²) in [5.74, 6) is -0.392. The van der Waals surface area contributed by atoms with Gasteiger partial charge in [0.25, 0.3) is 5.91 Å². The first-order valence-electron chi connectivity index (χ1n) is 7.68. The number of amides is 1. The molecule has 0 unspecified atom stereocenters. The number of aromatic nitrogens is 2. The van der Waals surface area contributed by atoms with E-state index in [0.29, 0.717) is 35.9 Å². The molecule has 8 nitrogen and oxygen atoms in total. The Morgan fingerprint density at radius 2 is 1.88 bits per heavy atom. The van der Waals surface area contributed by atoms with Gasteiger partial charge in [0.05, 0.1) is 18.2 Å². The largest absolute Gasteiger partial charge is 0.465 e. The van der Waals surface area contributed by atoms with Crippen molar-refractivity contribution in [1.82, 2.24) is 9.97 Å². The van der Waals surface area contributed by atoms with E-state index < -0.39 is 5.97 Å². The fraction of sp³-hybridized carbons (Fsp3) is 0.294. The third-order valence-corrected chi connectivity index (χ3v) is 3.26. The van der Waals surface area contributed by atoms with Crippen molar-refractivity contribution in [3.8, 4) is 0 Å². The van der Waals surface area contributed by atoms with Crippen molar-refractivity contribution in [1.29, 1.82) is 0 Å². The van der Waals surface area contributed by atoms with Gasteiger partial charge in [0.2, 0.25) is 5.95 Å². The summed E-state index contributed by atoms with van der Waals surface area (Å²) in [4.78, 5) is 31.9. The van der Waals surface area contributed by atoms with Gasteiger partial charge in [0.15, 0.2) is 0 Å². The van der Waals surface area contributed by atoms with E-state index in [1.54, 1.807) is 25.3 Å². The zero-order chi connectivity index (χ0) is 18.1. The molecule has 2 N–H and O–H groups in total. The number of ether oxygens (including phenoxy) is 2. The number of esters is 1. The minimum Gasteiger partial charge on any atom is -0.465 e. The number of benzene rings is 1. The second kappa shape index (κ2) is 9.33. The van der Waals surface area contributed by atoms with E-state index in [4.69, 9.17) is 4.74 Å². The molecule has 0 fully saturated rings. The lowest BCUT2D eigenvalue weighted by Crippen LogP contribution is -2.14. The van der Waals surface area contributed by atoms with Gasteiger partial charge in [-0.15, -0.1) is 0 Å². The molecule has 0 spiro atoms. The highest BCUT2D eigenvalue weighted by atomic mass is 16.5. The number of nitrogens with one attached hydrogen (secondary N) is 2. The Morgan fingerprint density at radius 3 is 2.56 bits per heavy atom. The van der Waals surface area contributed by atoms with Gasteiger partial charge in [0, 0.05) is 38.3 Å². The molecular weight excluding hydrogens is 324 g/mol. The molecule has 1 heterocycles. The van der Waals surface area contributed by atoms with Crippen LogP contribution in [0, 0.1) is 0 Å². The number of hydrogen-bond donors (Lipinski definition) is 2. The van der Waals surface area contributed by atoms with Gasteiger partial charge in [-0.05, 0) is 24.6 Å². The highest BCUT2D eigenvalue weighted by Gasteiger charge is 2.10. The summed E-state index contributed by atoms with van der Waals surface area (Å²) in [7, 11) is 2.95. The Labute approximate surface area is 145 Å². The van der Waals surface area contributed by atoms with E-state index in [1.807, 2.05) is 0 Å². The number of nitrogens with zero attached hydrogens (tertiary/aromatic N) is 2. The van der Waals surface area contributed by atoms with Crippen LogP contribution in [-0.4, -0.2) is 49.2 Å². The number of carbonyl (C=O) groups excluding carboxylic acids is 2. The summed E-state index contributed by atoms with van der Waals surface area (Å²) in [6.45, 7) is 1.33. The van der Waals surface area contributed by atoms with Crippen LogP contribution in [0.1, 0.15) is 27.1 Å². The van der Waals surface area contributed by atoms with Crippen molar-refractivity contribution in [2.24, 2.45) is 0 Å². The quantitative estimate of drug-likeness (QED) is 0.557. The molecule has 0 saturated heterocycles. The lowest BCUT2D eigenvalue weighted by molar-refractivity contribution is 0.0600. The molecule has 1 aromatic heterocycles. The first-order chi connectivity index (χ1) is 12.1. The number of anilines is 2. The molecule has 0 bridgehead atoms. The smallest absolute Gasteiger partial charge is 0.337 e. The molecule has 0 aliphatic carbocycles. The minimum atomic E-state index is -0.469. The lowest BCUT2D eigenvalue weighted by Gasteiger charge is -2.07. The zero-order valence-corrected chi connectivity index (χ0v) is 14.1. The summed E-state index contributed by atoms with van der Waals surface area (Å²) in [6, 6.07) is 6.48. The van der Waals surface area contributed by atoms with Crippen molar-refractivity contribution in [3.63, 3.8) is 0 Å². The van der Waals surface area contributed by atoms with Crippen LogP contribution in [0.25, 0.3) is 0 Å². The Kier molecular flexibility index (Phi) is 6.85. The Morgan fingerprint density at radius 1 is 1.12 bits per heavy atom. The summed E-state index contributed by atoms with van der Waals surface area (Å²) in [5, 5.41) is 5.73. The van der Waals surface area contributed by atoms with Crippen LogP contribution in [-0.2, 0) is 9.47 Å². The number of methoxy groups -OCH3 is 2. The Balaban J connectivity index is 1.95. The van der Waals surface area contributed by atoms with E-state index in [-0.39, 0.29) is 5.91 Å². The molecule has 1 aromatic carbocycles. The van der Waals surface area contributed by atoms with Crippen LogP contribution in [0.15, 0.2) is 36.7 Å². The van der Waals surface area contributed by atoms with Crippen LogP contribution in [0.2, 0.25) is 0 Å². The summed E-state index contributed by atoms with van der Waals surface area (Å²) in [6.07, 6.45) is 3.70. The van der Waals surface area contributed by atoms with E-state index in [1.165, 1.54) is 25.6 Å². The third kappa shape index (κ3) is 5.54. The van der Waals surface area contributed by atoms with Crippen LogP contribution in [0.5, 0.6) is 0 Å². The molecule has 0 atom stereocenters. The zero-order valence-electron chi connectivity index (χ0n) is 14.1. The maximum Gasteiger partial charge on any atom is 0.337 e. The average Bonchev–Trinajstić information content (AvgIpc) is 2.65. The van der Waals surface area contributed by atoms with E-state index >= 15 is 0 Å². The predicted octanol–water partition coefficient (Wildman–Crippen LogP) is 1.96. The van der Waals surface area contributed by atoms with E-state index in [9.17, 15) is 9.59 Å². The maximum atomic E-state index is 12.2. The number of rotatable bonds is 8. The minimum absolute atomic E-state index is 0.311. The third-order valence-electron chi connectivity index (χ3n) is 3.26. The van der Waals surface area contributed by atoms with Gasteiger partial charge in [-0.25, -0.2) is 14.8 Å². The van der Waals surface area contributed by atoms with E-state index in [0.717, 1.165) is 6.42 Å². The van der Waals surface area contributed by atoms with Crippen LogP contribution in [0.3, 0.4) is 0 Å². The molecule has 8 heteroatoms. The van der Waals surface area contributed by atoms with Crippen molar-refractivity contribution < 1.29 is 19.1 Å². The Bertz CT molecular complexity index is 719. The fourth-order valence-corrected chi connectivity index (χ4v) is 2.00. The summed E-state index contributed by atoms with van der Waals surface area (Å²) >= 11 is 0. The molecule has 0 saturated carbocycles. The van der Waals surface area contributed by atoms with Gasteiger partial charge in [-0.3, -0.25) is 4.79 Å². The van der Waals surface area contributed by atoms with Crippen LogP contribution in [0.4, 0.5) is 11.6 Å². The van der Waals surface area contributed by atoms with Gasteiger partial charge in [-0.1, -0.05) is 6.07 Å². The SMILES string of the molecule is COCCCNc1ncc(C(=O)Nc2cccc(C(=O)OC)c2)cn1. The maximum absolute atomic E-state index is 12.2. The summed E-state index contributed by atoms with van der Waals surface area (Å²) < 4.78 is 9.61. The van der Waals surface area contributed by atoms with Crippen LogP contribution >= 0.6 is 0 Å². The Hall–Kier alpha value is -3.00. The van der Waals surface area contributed by atoms with Gasteiger partial charge >= 0.3 is 5.97 Å². The fourth-order valence-electron chi connectivity index (χ4n) is 2.00. The second-order valence-corrected chi connectivity index (χ2v) is 5.09. The van der Waals surface area contributed by atoms with Crippen molar-refractivity contribution in [2.45, 2.75) is 6.42 Å². The molecular formula is C17H20N4O4. The highest BCUT2D eigenvalue weighted by molar-refractivity contribution is 6.04. The molecule has 0 radical (unpaired) electrons. The molecule has 1 amide bonds. The van der Waals surface area contributed by atoms with Crippen molar-refractivity contribution in [3.05, 3.63) is 47.8 Å². The number of carbonyl (C=O) groups is 2.